The van der Waals surface area contributed by atoms with Gasteiger partial charge in [0, 0.05) is 5.41 Å². The van der Waals surface area contributed by atoms with E-state index in [4.69, 9.17) is 4.74 Å². The minimum Gasteiger partial charge on any atom is -0.465 e. The quantitative estimate of drug-likeness (QED) is 0.530. The van der Waals surface area contributed by atoms with E-state index < -0.39 is 11.3 Å². The molecule has 0 heterocycles. The van der Waals surface area contributed by atoms with E-state index in [-0.39, 0.29) is 17.7 Å². The van der Waals surface area contributed by atoms with Crippen LogP contribution in [-0.4, -0.2) is 18.4 Å². The van der Waals surface area contributed by atoms with Crippen LogP contribution in [0.4, 0.5) is 0 Å². The molecule has 0 saturated heterocycles. The molecular formula is C14H26O3. The van der Waals surface area contributed by atoms with Crippen LogP contribution in [0.5, 0.6) is 0 Å². The largest absolute Gasteiger partial charge is 0.465 e. The summed E-state index contributed by atoms with van der Waals surface area (Å²) in [4.78, 5) is 24.3. The summed E-state index contributed by atoms with van der Waals surface area (Å²) in [5, 5.41) is 0. The minimum absolute atomic E-state index is 0.00958. The molecule has 1 atom stereocenters. The number of ether oxygens (including phenoxy) is 1. The van der Waals surface area contributed by atoms with E-state index in [2.05, 4.69) is 0 Å². The second-order valence-electron chi connectivity index (χ2n) is 5.42. The van der Waals surface area contributed by atoms with Crippen molar-refractivity contribution < 1.29 is 14.3 Å². The Morgan fingerprint density at radius 3 is 1.82 bits per heavy atom. The highest BCUT2D eigenvalue weighted by Crippen LogP contribution is 2.29. The lowest BCUT2D eigenvalue weighted by atomic mass is 9.75. The molecule has 0 spiro atoms. The van der Waals surface area contributed by atoms with E-state index in [9.17, 15) is 9.59 Å². The molecule has 0 rings (SSSR count). The first-order valence-corrected chi connectivity index (χ1v) is 6.50. The molecule has 0 amide bonds. The Morgan fingerprint density at radius 1 is 1.06 bits per heavy atom. The van der Waals surface area contributed by atoms with Gasteiger partial charge in [0.2, 0.25) is 0 Å². The van der Waals surface area contributed by atoms with E-state index in [0.29, 0.717) is 6.61 Å². The molecule has 0 saturated carbocycles. The summed E-state index contributed by atoms with van der Waals surface area (Å²) in [6.07, 6.45) is 1.64. The van der Waals surface area contributed by atoms with Crippen LogP contribution in [0.15, 0.2) is 0 Å². The Hall–Kier alpha value is -0.860. The molecule has 0 bridgehead atoms. The number of hydrogen-bond acceptors (Lipinski definition) is 3. The maximum atomic E-state index is 12.3. The summed E-state index contributed by atoms with van der Waals surface area (Å²) in [6.45, 7) is 11.7. The maximum Gasteiger partial charge on any atom is 0.316 e. The smallest absolute Gasteiger partial charge is 0.316 e. The Balaban J connectivity index is 5.10. The number of rotatable bonds is 6. The van der Waals surface area contributed by atoms with Gasteiger partial charge in [0.1, 0.15) is 5.92 Å². The second kappa shape index (κ2) is 6.77. The van der Waals surface area contributed by atoms with Crippen LogP contribution >= 0.6 is 0 Å². The number of hydrogen-bond donors (Lipinski definition) is 0. The second-order valence-corrected chi connectivity index (χ2v) is 5.42. The van der Waals surface area contributed by atoms with Crippen LogP contribution in [-0.2, 0) is 14.3 Å². The average molecular weight is 242 g/mol. The Kier molecular flexibility index (Phi) is 6.43. The van der Waals surface area contributed by atoms with E-state index in [1.54, 1.807) is 6.92 Å². The number of carbonyl (C=O) groups excluding carboxylic acids is 2. The van der Waals surface area contributed by atoms with Crippen molar-refractivity contribution in [2.75, 3.05) is 6.61 Å². The Morgan fingerprint density at radius 2 is 1.53 bits per heavy atom. The van der Waals surface area contributed by atoms with Gasteiger partial charge in [0.25, 0.3) is 0 Å². The SMILES string of the molecule is CCOC(=O)C(C(=O)C(C)(C)C)C(CC)CC. The van der Waals surface area contributed by atoms with Gasteiger partial charge in [-0.25, -0.2) is 0 Å². The summed E-state index contributed by atoms with van der Waals surface area (Å²) in [5.74, 6) is -0.892. The maximum absolute atomic E-state index is 12.3. The lowest BCUT2D eigenvalue weighted by molar-refractivity contribution is -0.156. The van der Waals surface area contributed by atoms with Crippen LogP contribution in [0.25, 0.3) is 0 Å². The van der Waals surface area contributed by atoms with Crippen molar-refractivity contribution in [3.8, 4) is 0 Å². The molecule has 0 aliphatic carbocycles. The predicted molar refractivity (Wildman–Crippen MR) is 68.7 cm³/mol. The molecule has 0 aliphatic rings. The third kappa shape index (κ3) is 4.49. The van der Waals surface area contributed by atoms with Crippen molar-refractivity contribution in [2.45, 2.75) is 54.4 Å². The molecule has 0 fully saturated rings. The highest BCUT2D eigenvalue weighted by Gasteiger charge is 2.39. The Bertz CT molecular complexity index is 259. The predicted octanol–water partition coefficient (Wildman–Crippen LogP) is 3.22. The standard InChI is InChI=1S/C14H26O3/c1-7-10(8-2)11(13(16)17-9-3)12(15)14(4,5)6/h10-11H,7-9H2,1-6H3. The molecule has 100 valence electrons. The van der Waals surface area contributed by atoms with Gasteiger partial charge in [-0.05, 0) is 12.8 Å². The zero-order valence-corrected chi connectivity index (χ0v) is 12.0. The fraction of sp³-hybridized carbons (Fsp3) is 0.857. The van der Waals surface area contributed by atoms with E-state index >= 15 is 0 Å². The summed E-state index contributed by atoms with van der Waals surface area (Å²) >= 11 is 0. The van der Waals surface area contributed by atoms with E-state index in [1.807, 2.05) is 34.6 Å². The lowest BCUT2D eigenvalue weighted by Crippen LogP contribution is -2.39. The fourth-order valence-electron chi connectivity index (χ4n) is 1.97. The summed E-state index contributed by atoms with van der Waals surface area (Å²) in [7, 11) is 0. The fourth-order valence-corrected chi connectivity index (χ4v) is 1.97. The number of carbonyl (C=O) groups is 2. The molecule has 0 radical (unpaired) electrons. The number of ketones is 1. The van der Waals surface area contributed by atoms with Crippen molar-refractivity contribution in [1.29, 1.82) is 0 Å². The normalized spacial score (nSPS) is 13.6. The molecule has 17 heavy (non-hydrogen) atoms. The molecule has 0 aromatic heterocycles. The van der Waals surface area contributed by atoms with Gasteiger partial charge in [0.15, 0.2) is 5.78 Å². The van der Waals surface area contributed by atoms with Crippen molar-refractivity contribution >= 4 is 11.8 Å². The van der Waals surface area contributed by atoms with Crippen LogP contribution in [0.2, 0.25) is 0 Å². The van der Waals surface area contributed by atoms with Crippen LogP contribution in [0.1, 0.15) is 54.4 Å². The van der Waals surface area contributed by atoms with Crippen molar-refractivity contribution in [3.05, 3.63) is 0 Å². The van der Waals surface area contributed by atoms with Gasteiger partial charge in [-0.15, -0.1) is 0 Å². The van der Waals surface area contributed by atoms with Gasteiger partial charge < -0.3 is 4.74 Å². The summed E-state index contributed by atoms with van der Waals surface area (Å²) < 4.78 is 5.05. The van der Waals surface area contributed by atoms with Crippen LogP contribution < -0.4 is 0 Å². The zero-order valence-electron chi connectivity index (χ0n) is 12.0. The van der Waals surface area contributed by atoms with E-state index in [1.165, 1.54) is 0 Å². The lowest BCUT2D eigenvalue weighted by Gasteiger charge is -2.28. The van der Waals surface area contributed by atoms with Crippen molar-refractivity contribution in [1.82, 2.24) is 0 Å². The third-order valence-corrected chi connectivity index (χ3v) is 3.08. The molecule has 1 unspecified atom stereocenters. The van der Waals surface area contributed by atoms with Gasteiger partial charge in [0.05, 0.1) is 6.61 Å². The van der Waals surface area contributed by atoms with E-state index in [0.717, 1.165) is 12.8 Å². The molecule has 0 aromatic rings. The zero-order chi connectivity index (χ0) is 13.6. The third-order valence-electron chi connectivity index (χ3n) is 3.08. The molecule has 0 N–H and O–H groups in total. The Labute approximate surface area is 105 Å². The molecular weight excluding hydrogens is 216 g/mol. The summed E-state index contributed by atoms with van der Waals surface area (Å²) in [6, 6.07) is 0. The topological polar surface area (TPSA) is 43.4 Å². The highest BCUT2D eigenvalue weighted by atomic mass is 16.5. The van der Waals surface area contributed by atoms with Gasteiger partial charge >= 0.3 is 5.97 Å². The first-order valence-electron chi connectivity index (χ1n) is 6.50. The van der Waals surface area contributed by atoms with Gasteiger partial charge in [-0.1, -0.05) is 47.5 Å². The van der Waals surface area contributed by atoms with Crippen molar-refractivity contribution in [2.24, 2.45) is 17.3 Å². The molecule has 0 aromatic carbocycles. The molecule has 3 nitrogen and oxygen atoms in total. The average Bonchev–Trinajstić information content (AvgIpc) is 2.23. The molecule has 0 aliphatic heterocycles. The van der Waals surface area contributed by atoms with Gasteiger partial charge in [-0.3, -0.25) is 9.59 Å². The monoisotopic (exact) mass is 242 g/mol. The van der Waals surface area contributed by atoms with Crippen LogP contribution in [0, 0.1) is 17.3 Å². The first-order chi connectivity index (χ1) is 7.79. The summed E-state index contributed by atoms with van der Waals surface area (Å²) in [5.41, 5.74) is -0.500. The van der Waals surface area contributed by atoms with Crippen LogP contribution in [0.3, 0.4) is 0 Å². The number of Topliss-reactive ketones (excluding diaryl/α,β-unsaturated/α-hetero) is 1. The van der Waals surface area contributed by atoms with Crippen molar-refractivity contribution in [3.63, 3.8) is 0 Å². The molecule has 3 heteroatoms. The minimum atomic E-state index is -0.607. The van der Waals surface area contributed by atoms with Gasteiger partial charge in [-0.2, -0.15) is 0 Å². The highest BCUT2D eigenvalue weighted by molar-refractivity contribution is 6.01. The first kappa shape index (κ1) is 16.1. The number of esters is 1.